The molecule has 4 aromatic carbocycles. The third-order valence-electron chi connectivity index (χ3n) is 4.64. The van der Waals surface area contributed by atoms with E-state index >= 15 is 0 Å². The number of hydrogen-bond donors (Lipinski definition) is 0. The van der Waals surface area contributed by atoms with E-state index in [1.165, 1.54) is 38.2 Å². The fourth-order valence-electron chi connectivity index (χ4n) is 3.33. The predicted molar refractivity (Wildman–Crippen MR) is 126 cm³/mol. The van der Waals surface area contributed by atoms with E-state index in [1.54, 1.807) is 19.2 Å². The average molecular weight is 420 g/mol. The summed E-state index contributed by atoms with van der Waals surface area (Å²) in [5.41, 5.74) is 4.26. The molecule has 0 aromatic heterocycles. The van der Waals surface area contributed by atoms with Gasteiger partial charge in [-0.1, -0.05) is 45.4 Å². The molecule has 2 radical (unpaired) electrons. The van der Waals surface area contributed by atoms with Crippen LogP contribution in [0.4, 0.5) is 0 Å². The number of fused-ring (bicyclic) bond motifs is 2. The van der Waals surface area contributed by atoms with Crippen LogP contribution in [0.15, 0.2) is 66.7 Å². The fourth-order valence-corrected chi connectivity index (χ4v) is 3.33. The SMILES string of the molecule is CCc1cc2ccccc2[cH-]1.Cc1cc2c(C(C)C)cccc2[cH-]1.[CH3-].[CH3-].[Si]=[Ti]. The fraction of sp³-hybridized carbons (Fsp3) is 0.231. The number of hydrogen-bond acceptors (Lipinski definition) is 0. The van der Waals surface area contributed by atoms with Crippen LogP contribution in [-0.2, 0) is 25.6 Å². The summed E-state index contributed by atoms with van der Waals surface area (Å²) in [7, 11) is 2.97. The van der Waals surface area contributed by atoms with Gasteiger partial charge in [-0.25, -0.2) is 0 Å². The third kappa shape index (κ3) is 6.58. The Morgan fingerprint density at radius 1 is 0.893 bits per heavy atom. The summed E-state index contributed by atoms with van der Waals surface area (Å²) in [6.45, 7) is 8.84. The van der Waals surface area contributed by atoms with Crippen molar-refractivity contribution in [3.8, 4) is 0 Å². The molecular formula is C26H32SiTi-4. The molecule has 28 heavy (non-hydrogen) atoms. The molecule has 0 atom stereocenters. The van der Waals surface area contributed by atoms with Crippen LogP contribution in [0.5, 0.6) is 0 Å². The first-order valence-corrected chi connectivity index (χ1v) is 12.0. The monoisotopic (exact) mass is 420 g/mol. The summed E-state index contributed by atoms with van der Waals surface area (Å²) in [6.07, 6.45) is 1.13. The van der Waals surface area contributed by atoms with Crippen molar-refractivity contribution in [2.75, 3.05) is 0 Å². The van der Waals surface area contributed by atoms with Gasteiger partial charge in [0.15, 0.2) is 0 Å². The minimum atomic E-state index is 0. The second kappa shape index (κ2) is 12.9. The van der Waals surface area contributed by atoms with Gasteiger partial charge in [-0.3, -0.25) is 0 Å². The first-order chi connectivity index (χ1) is 12.6. The molecule has 0 aliphatic carbocycles. The van der Waals surface area contributed by atoms with Gasteiger partial charge in [0, 0.05) is 0 Å². The van der Waals surface area contributed by atoms with Crippen LogP contribution in [0.25, 0.3) is 21.5 Å². The Kier molecular flexibility index (Phi) is 12.3. The van der Waals surface area contributed by atoms with Crippen LogP contribution < -0.4 is 0 Å². The second-order valence-corrected chi connectivity index (χ2v) is 6.88. The summed E-state index contributed by atoms with van der Waals surface area (Å²) in [5, 5.41) is 5.53. The van der Waals surface area contributed by atoms with Crippen LogP contribution in [-0.4, -0.2) is 7.63 Å². The summed E-state index contributed by atoms with van der Waals surface area (Å²) < 4.78 is 0. The molecule has 0 fully saturated rings. The molecule has 0 unspecified atom stereocenters. The van der Waals surface area contributed by atoms with Crippen LogP contribution in [0.3, 0.4) is 0 Å². The summed E-state index contributed by atoms with van der Waals surface area (Å²) in [5.74, 6) is 0.616. The van der Waals surface area contributed by atoms with E-state index in [1.807, 2.05) is 0 Å². The summed E-state index contributed by atoms with van der Waals surface area (Å²) in [4.78, 5) is 0. The zero-order chi connectivity index (χ0) is 19.1. The van der Waals surface area contributed by atoms with E-state index in [-0.39, 0.29) is 14.9 Å². The Hall–Kier alpha value is -1.41. The molecule has 4 aromatic rings. The molecule has 0 aliphatic heterocycles. The normalized spacial score (nSPS) is 9.57. The standard InChI is InChI=1S/C13H15.C11H11.2CH3.Si.Ti/c1-9(2)12-6-4-5-11-7-10(3)8-13(11)12;1-2-9-7-10-5-3-4-6-11(10)8-9;;;;/h4-9H,1-3H3;3-8H,2H2,1H3;2*1H3;;/q4*-1;;. The van der Waals surface area contributed by atoms with E-state index in [0.717, 1.165) is 6.42 Å². The van der Waals surface area contributed by atoms with Gasteiger partial charge in [-0.05, 0) is 12.3 Å². The average Bonchev–Trinajstić information content (AvgIpc) is 3.25. The number of benzene rings is 2. The molecule has 2 heteroatoms. The Balaban J connectivity index is 0.000000453. The molecule has 0 heterocycles. The van der Waals surface area contributed by atoms with E-state index in [2.05, 4.69) is 102 Å². The topological polar surface area (TPSA) is 0 Å². The van der Waals surface area contributed by atoms with Gasteiger partial charge in [0.2, 0.25) is 0 Å². The molecule has 0 saturated carbocycles. The summed E-state index contributed by atoms with van der Waals surface area (Å²) in [6, 6.07) is 24.1. The van der Waals surface area contributed by atoms with Gasteiger partial charge in [-0.15, -0.1) is 75.1 Å². The molecule has 0 bridgehead atoms. The van der Waals surface area contributed by atoms with Crippen molar-refractivity contribution in [2.24, 2.45) is 0 Å². The van der Waals surface area contributed by atoms with E-state index < -0.39 is 0 Å². The van der Waals surface area contributed by atoms with Crippen molar-refractivity contribution in [2.45, 2.75) is 40.0 Å². The van der Waals surface area contributed by atoms with Crippen LogP contribution in [0.2, 0.25) is 0 Å². The van der Waals surface area contributed by atoms with Gasteiger partial charge in [0.05, 0.1) is 0 Å². The zero-order valence-corrected chi connectivity index (χ0v) is 20.7. The Morgan fingerprint density at radius 3 is 2.14 bits per heavy atom. The van der Waals surface area contributed by atoms with E-state index in [4.69, 9.17) is 0 Å². The van der Waals surface area contributed by atoms with Crippen LogP contribution >= 0.6 is 0 Å². The minimum absolute atomic E-state index is 0. The first-order valence-electron chi connectivity index (χ1n) is 9.13. The van der Waals surface area contributed by atoms with Crippen LogP contribution in [0, 0.1) is 21.8 Å². The van der Waals surface area contributed by atoms with Crippen molar-refractivity contribution in [3.05, 3.63) is 98.3 Å². The molecule has 0 spiro atoms. The molecule has 0 N–H and O–H groups in total. The second-order valence-electron chi connectivity index (χ2n) is 6.88. The van der Waals surface area contributed by atoms with Gasteiger partial charge in [0.1, 0.15) is 0 Å². The van der Waals surface area contributed by atoms with Gasteiger partial charge in [-0.2, -0.15) is 12.1 Å². The first kappa shape index (κ1) is 26.6. The Labute approximate surface area is 186 Å². The number of aryl methyl sites for hydroxylation is 2. The predicted octanol–water partition coefficient (Wildman–Crippen LogP) is 7.63. The molecule has 0 amide bonds. The van der Waals surface area contributed by atoms with Crippen molar-refractivity contribution >= 4 is 29.2 Å². The zero-order valence-electron chi connectivity index (χ0n) is 18.1. The maximum absolute atomic E-state index is 2.97. The van der Waals surface area contributed by atoms with Crippen molar-refractivity contribution in [1.82, 2.24) is 0 Å². The van der Waals surface area contributed by atoms with Gasteiger partial charge >= 0.3 is 26.8 Å². The van der Waals surface area contributed by atoms with Crippen molar-refractivity contribution in [3.63, 3.8) is 0 Å². The van der Waals surface area contributed by atoms with Crippen molar-refractivity contribution < 1.29 is 19.2 Å². The van der Waals surface area contributed by atoms with E-state index in [0.29, 0.717) is 5.92 Å². The molecule has 148 valence electrons. The Morgan fingerprint density at radius 2 is 1.54 bits per heavy atom. The van der Waals surface area contributed by atoms with Crippen molar-refractivity contribution in [1.29, 1.82) is 0 Å². The van der Waals surface area contributed by atoms with E-state index in [9.17, 15) is 0 Å². The Bertz CT molecular complexity index is 926. The third-order valence-corrected chi connectivity index (χ3v) is 4.64. The molecular weight excluding hydrogens is 388 g/mol. The molecule has 0 saturated heterocycles. The molecule has 4 rings (SSSR count). The van der Waals surface area contributed by atoms with Gasteiger partial charge in [0.25, 0.3) is 0 Å². The molecule has 0 nitrogen and oxygen atoms in total. The quantitative estimate of drug-likeness (QED) is 0.231. The van der Waals surface area contributed by atoms with Crippen LogP contribution in [0.1, 0.15) is 43.4 Å². The molecule has 0 aliphatic rings. The van der Waals surface area contributed by atoms with Gasteiger partial charge < -0.3 is 14.9 Å². The summed E-state index contributed by atoms with van der Waals surface area (Å²) >= 11 is 1.81. The number of rotatable bonds is 2. The maximum atomic E-state index is 2.97.